The van der Waals surface area contributed by atoms with Gasteiger partial charge in [-0.15, -0.1) is 10.2 Å². The third-order valence-electron chi connectivity index (χ3n) is 3.16. The van der Waals surface area contributed by atoms with Crippen molar-refractivity contribution in [3.05, 3.63) is 29.4 Å². The van der Waals surface area contributed by atoms with Crippen LogP contribution in [0, 0.1) is 0 Å². The average molecular weight is 264 g/mol. The van der Waals surface area contributed by atoms with E-state index in [-0.39, 0.29) is 6.10 Å². The number of hydrogen-bond donors (Lipinski definition) is 1. The Morgan fingerprint density at radius 1 is 1.28 bits per heavy atom. The van der Waals surface area contributed by atoms with Crippen LogP contribution < -0.4 is 5.32 Å². The van der Waals surface area contributed by atoms with Crippen molar-refractivity contribution >= 4 is 28.2 Å². The smallest absolute Gasteiger partial charge is 0.159 e. The summed E-state index contributed by atoms with van der Waals surface area (Å²) in [5.74, 6) is 0.769. The number of benzene rings is 1. The molecule has 1 atom stereocenters. The predicted molar refractivity (Wildman–Crippen MR) is 72.0 cm³/mol. The molecule has 4 nitrogen and oxygen atoms in total. The van der Waals surface area contributed by atoms with Crippen molar-refractivity contribution in [2.24, 2.45) is 0 Å². The number of aromatic nitrogens is 2. The fourth-order valence-corrected chi connectivity index (χ4v) is 2.42. The van der Waals surface area contributed by atoms with Gasteiger partial charge in [0.25, 0.3) is 0 Å². The predicted octanol–water partition coefficient (Wildman–Crippen LogP) is 2.87. The molecule has 3 rings (SSSR count). The van der Waals surface area contributed by atoms with Gasteiger partial charge in [-0.25, -0.2) is 0 Å². The second-order valence-electron chi connectivity index (χ2n) is 4.40. The molecular weight excluding hydrogens is 250 g/mol. The van der Waals surface area contributed by atoms with Crippen LogP contribution in [0.5, 0.6) is 0 Å². The Kier molecular flexibility index (Phi) is 3.30. The molecule has 94 valence electrons. The van der Waals surface area contributed by atoms with Gasteiger partial charge >= 0.3 is 0 Å². The van der Waals surface area contributed by atoms with E-state index in [1.807, 2.05) is 24.3 Å². The van der Waals surface area contributed by atoms with Crippen LogP contribution in [0.15, 0.2) is 24.3 Å². The third-order valence-corrected chi connectivity index (χ3v) is 3.44. The highest BCUT2D eigenvalue weighted by atomic mass is 35.5. The minimum absolute atomic E-state index is 0.279. The van der Waals surface area contributed by atoms with Gasteiger partial charge in [-0.05, 0) is 12.8 Å². The fraction of sp³-hybridized carbons (Fsp3) is 0.385. The Balaban J connectivity index is 1.85. The molecule has 2 heterocycles. The van der Waals surface area contributed by atoms with Gasteiger partial charge in [-0.2, -0.15) is 0 Å². The summed E-state index contributed by atoms with van der Waals surface area (Å²) < 4.78 is 5.57. The van der Waals surface area contributed by atoms with Crippen LogP contribution in [-0.4, -0.2) is 29.5 Å². The van der Waals surface area contributed by atoms with Crippen LogP contribution in [-0.2, 0) is 4.74 Å². The molecular formula is C13H14ClN3O. The molecule has 0 aliphatic carbocycles. The maximum absolute atomic E-state index is 6.03. The first-order chi connectivity index (χ1) is 8.84. The lowest BCUT2D eigenvalue weighted by Gasteiger charge is -2.12. The maximum atomic E-state index is 6.03. The second kappa shape index (κ2) is 5.08. The van der Waals surface area contributed by atoms with Gasteiger partial charge < -0.3 is 10.1 Å². The van der Waals surface area contributed by atoms with E-state index in [2.05, 4.69) is 15.5 Å². The number of halogens is 1. The zero-order valence-corrected chi connectivity index (χ0v) is 10.7. The van der Waals surface area contributed by atoms with Gasteiger partial charge in [0, 0.05) is 23.9 Å². The summed E-state index contributed by atoms with van der Waals surface area (Å²) in [5, 5.41) is 13.7. The number of fused-ring (bicyclic) bond motifs is 1. The molecule has 5 heteroatoms. The molecule has 0 bridgehead atoms. The van der Waals surface area contributed by atoms with Crippen molar-refractivity contribution < 1.29 is 4.74 Å². The van der Waals surface area contributed by atoms with Crippen LogP contribution in [0.25, 0.3) is 10.8 Å². The number of rotatable bonds is 3. The molecule has 1 fully saturated rings. The van der Waals surface area contributed by atoms with E-state index in [0.29, 0.717) is 5.15 Å². The summed E-state index contributed by atoms with van der Waals surface area (Å²) in [6, 6.07) is 7.86. The molecule has 18 heavy (non-hydrogen) atoms. The first-order valence-electron chi connectivity index (χ1n) is 6.11. The topological polar surface area (TPSA) is 47.0 Å². The zero-order chi connectivity index (χ0) is 12.4. The summed E-state index contributed by atoms with van der Waals surface area (Å²) in [7, 11) is 0. The van der Waals surface area contributed by atoms with Crippen LogP contribution in [0.4, 0.5) is 5.82 Å². The summed E-state index contributed by atoms with van der Waals surface area (Å²) in [5.41, 5.74) is 0. The van der Waals surface area contributed by atoms with Crippen molar-refractivity contribution in [3.8, 4) is 0 Å². The number of nitrogens with zero attached hydrogens (tertiary/aromatic N) is 2. The lowest BCUT2D eigenvalue weighted by molar-refractivity contribution is 0.120. The second-order valence-corrected chi connectivity index (χ2v) is 4.76. The quantitative estimate of drug-likeness (QED) is 0.925. The number of anilines is 1. The van der Waals surface area contributed by atoms with E-state index in [1.165, 1.54) is 0 Å². The van der Waals surface area contributed by atoms with E-state index >= 15 is 0 Å². The van der Waals surface area contributed by atoms with E-state index in [4.69, 9.17) is 16.3 Å². The Morgan fingerprint density at radius 2 is 2.11 bits per heavy atom. The molecule has 1 aliphatic heterocycles. The molecule has 0 saturated carbocycles. The zero-order valence-electron chi connectivity index (χ0n) is 9.90. The molecule has 0 unspecified atom stereocenters. The van der Waals surface area contributed by atoms with Crippen LogP contribution in [0.3, 0.4) is 0 Å². The molecule has 0 spiro atoms. The Morgan fingerprint density at radius 3 is 2.89 bits per heavy atom. The van der Waals surface area contributed by atoms with Crippen molar-refractivity contribution in [2.75, 3.05) is 18.5 Å². The van der Waals surface area contributed by atoms with Crippen LogP contribution in [0.2, 0.25) is 5.15 Å². The van der Waals surface area contributed by atoms with E-state index < -0.39 is 0 Å². The normalized spacial score (nSPS) is 19.3. The van der Waals surface area contributed by atoms with Gasteiger partial charge in [0.1, 0.15) is 0 Å². The van der Waals surface area contributed by atoms with Crippen LogP contribution >= 0.6 is 11.6 Å². The summed E-state index contributed by atoms with van der Waals surface area (Å²) >= 11 is 6.03. The average Bonchev–Trinajstić information content (AvgIpc) is 2.92. The van der Waals surface area contributed by atoms with Crippen LogP contribution in [0.1, 0.15) is 12.8 Å². The van der Waals surface area contributed by atoms with Crippen molar-refractivity contribution in [1.82, 2.24) is 10.2 Å². The molecule has 2 aromatic rings. The highest BCUT2D eigenvalue weighted by molar-refractivity contribution is 6.34. The van der Waals surface area contributed by atoms with Crippen molar-refractivity contribution in [1.29, 1.82) is 0 Å². The van der Waals surface area contributed by atoms with E-state index in [0.717, 1.165) is 42.6 Å². The van der Waals surface area contributed by atoms with Gasteiger partial charge in [-0.3, -0.25) is 0 Å². The van der Waals surface area contributed by atoms with E-state index in [9.17, 15) is 0 Å². The lowest BCUT2D eigenvalue weighted by Crippen LogP contribution is -2.19. The van der Waals surface area contributed by atoms with E-state index in [1.54, 1.807) is 0 Å². The lowest BCUT2D eigenvalue weighted by atomic mass is 10.2. The first-order valence-corrected chi connectivity index (χ1v) is 6.49. The molecule has 0 amide bonds. The van der Waals surface area contributed by atoms with Gasteiger partial charge in [-0.1, -0.05) is 35.9 Å². The van der Waals surface area contributed by atoms with Gasteiger partial charge in [0.15, 0.2) is 11.0 Å². The van der Waals surface area contributed by atoms with Crippen molar-refractivity contribution in [2.45, 2.75) is 18.9 Å². The Bertz CT molecular complexity index is 555. The Hall–Kier alpha value is -1.39. The molecule has 0 radical (unpaired) electrons. The summed E-state index contributed by atoms with van der Waals surface area (Å²) in [6.07, 6.45) is 2.52. The molecule has 1 N–H and O–H groups in total. The third kappa shape index (κ3) is 2.26. The number of ether oxygens (including phenoxy) is 1. The number of nitrogens with one attached hydrogen (secondary N) is 1. The molecule has 1 aromatic heterocycles. The highest BCUT2D eigenvalue weighted by Gasteiger charge is 2.16. The highest BCUT2D eigenvalue weighted by Crippen LogP contribution is 2.25. The summed E-state index contributed by atoms with van der Waals surface area (Å²) in [4.78, 5) is 0. The first kappa shape index (κ1) is 11.7. The molecule has 1 saturated heterocycles. The summed E-state index contributed by atoms with van der Waals surface area (Å²) in [6.45, 7) is 1.62. The number of hydrogen-bond acceptors (Lipinski definition) is 4. The molecule has 1 aliphatic rings. The Labute approximate surface area is 110 Å². The van der Waals surface area contributed by atoms with Crippen molar-refractivity contribution in [3.63, 3.8) is 0 Å². The SMILES string of the molecule is Clc1nnc(NC[C@H]2CCCO2)c2ccccc12. The molecule has 1 aromatic carbocycles. The maximum Gasteiger partial charge on any atom is 0.159 e. The standard InChI is InChI=1S/C13H14ClN3O/c14-12-10-5-1-2-6-11(10)13(17-16-12)15-8-9-4-3-7-18-9/h1-2,5-6,9H,3-4,7-8H2,(H,15,17)/t9-/m1/s1. The monoisotopic (exact) mass is 263 g/mol. The van der Waals surface area contributed by atoms with Gasteiger partial charge in [0.05, 0.1) is 6.10 Å². The minimum Gasteiger partial charge on any atom is -0.376 e. The minimum atomic E-state index is 0.279. The van der Waals surface area contributed by atoms with Gasteiger partial charge in [0.2, 0.25) is 0 Å². The largest absolute Gasteiger partial charge is 0.376 e. The fourth-order valence-electron chi connectivity index (χ4n) is 2.22.